The Bertz CT molecular complexity index is 293. The molecular formula is C10H14BrNOS. The normalized spacial score (nSPS) is 10.5. The molecule has 1 aromatic carbocycles. The second-order valence-electron chi connectivity index (χ2n) is 2.80. The van der Waals surface area contributed by atoms with Gasteiger partial charge in [-0.2, -0.15) is 0 Å². The summed E-state index contributed by atoms with van der Waals surface area (Å²) in [4.78, 5) is 1.24. The lowest BCUT2D eigenvalue weighted by atomic mass is 10.2. The van der Waals surface area contributed by atoms with Crippen LogP contribution in [-0.2, 0) is 11.3 Å². The molecule has 0 heterocycles. The van der Waals surface area contributed by atoms with Crippen LogP contribution >= 0.6 is 27.7 Å². The average Bonchev–Trinajstić information content (AvgIpc) is 2.20. The Hall–Kier alpha value is -0.0300. The summed E-state index contributed by atoms with van der Waals surface area (Å²) in [5.41, 5.74) is 6.84. The van der Waals surface area contributed by atoms with E-state index < -0.39 is 0 Å². The lowest BCUT2D eigenvalue weighted by Gasteiger charge is -2.07. The monoisotopic (exact) mass is 275 g/mol. The summed E-state index contributed by atoms with van der Waals surface area (Å²) in [5.74, 6) is 0.963. The predicted octanol–water partition coefficient (Wildman–Crippen LogP) is 2.65. The zero-order valence-corrected chi connectivity index (χ0v) is 10.5. The first-order chi connectivity index (χ1) is 6.77. The molecular weight excluding hydrogens is 262 g/mol. The third-order valence-corrected chi connectivity index (χ3v) is 3.36. The number of methoxy groups -OCH3 is 1. The number of benzene rings is 1. The number of hydrogen-bond donors (Lipinski definition) is 1. The van der Waals surface area contributed by atoms with Crippen LogP contribution in [0, 0.1) is 0 Å². The molecule has 0 aliphatic heterocycles. The van der Waals surface area contributed by atoms with Gasteiger partial charge in [-0.05, 0) is 23.8 Å². The topological polar surface area (TPSA) is 35.2 Å². The fourth-order valence-corrected chi connectivity index (χ4v) is 2.45. The number of rotatable bonds is 5. The van der Waals surface area contributed by atoms with Crippen molar-refractivity contribution in [2.24, 2.45) is 5.73 Å². The number of halogens is 1. The SMILES string of the molecule is COCCSc1ccc(Br)cc1CN. The molecule has 0 aromatic heterocycles. The van der Waals surface area contributed by atoms with E-state index in [2.05, 4.69) is 28.1 Å². The molecule has 1 rings (SSSR count). The average molecular weight is 276 g/mol. The van der Waals surface area contributed by atoms with Gasteiger partial charge in [0.15, 0.2) is 0 Å². The minimum atomic E-state index is 0.578. The fraction of sp³-hybridized carbons (Fsp3) is 0.400. The van der Waals surface area contributed by atoms with Gasteiger partial charge in [-0.25, -0.2) is 0 Å². The van der Waals surface area contributed by atoms with Crippen molar-refractivity contribution in [2.45, 2.75) is 11.4 Å². The van der Waals surface area contributed by atoms with Crippen LogP contribution in [0.3, 0.4) is 0 Å². The van der Waals surface area contributed by atoms with Crippen molar-refractivity contribution in [3.63, 3.8) is 0 Å². The van der Waals surface area contributed by atoms with Gasteiger partial charge in [0.1, 0.15) is 0 Å². The van der Waals surface area contributed by atoms with Gasteiger partial charge in [0.05, 0.1) is 6.61 Å². The molecule has 0 bridgehead atoms. The van der Waals surface area contributed by atoms with Gasteiger partial charge in [-0.1, -0.05) is 15.9 Å². The maximum atomic E-state index is 5.66. The second-order valence-corrected chi connectivity index (χ2v) is 4.85. The molecule has 0 amide bonds. The van der Waals surface area contributed by atoms with Crippen molar-refractivity contribution in [2.75, 3.05) is 19.5 Å². The smallest absolute Gasteiger partial charge is 0.0556 e. The molecule has 0 saturated carbocycles. The molecule has 14 heavy (non-hydrogen) atoms. The van der Waals surface area contributed by atoms with Gasteiger partial charge >= 0.3 is 0 Å². The fourth-order valence-electron chi connectivity index (χ4n) is 1.08. The summed E-state index contributed by atoms with van der Waals surface area (Å²) in [7, 11) is 1.71. The van der Waals surface area contributed by atoms with Gasteiger partial charge in [0.25, 0.3) is 0 Å². The summed E-state index contributed by atoms with van der Waals surface area (Å²) in [6, 6.07) is 6.19. The first kappa shape index (κ1) is 12.0. The van der Waals surface area contributed by atoms with E-state index in [0.717, 1.165) is 16.8 Å². The van der Waals surface area contributed by atoms with E-state index in [1.165, 1.54) is 10.5 Å². The molecule has 0 unspecified atom stereocenters. The van der Waals surface area contributed by atoms with Gasteiger partial charge < -0.3 is 10.5 Å². The summed E-state index contributed by atoms with van der Waals surface area (Å²) < 4.78 is 6.08. The Morgan fingerprint density at radius 1 is 1.50 bits per heavy atom. The number of thioether (sulfide) groups is 1. The Kier molecular flexibility index (Phi) is 5.55. The van der Waals surface area contributed by atoms with Crippen molar-refractivity contribution < 1.29 is 4.74 Å². The van der Waals surface area contributed by atoms with Crippen LogP contribution in [0.15, 0.2) is 27.6 Å². The van der Waals surface area contributed by atoms with Crippen molar-refractivity contribution >= 4 is 27.7 Å². The standard InChI is InChI=1S/C10H14BrNOS/c1-13-4-5-14-10-3-2-9(11)6-8(10)7-12/h2-3,6H,4-5,7,12H2,1H3. The minimum absolute atomic E-state index is 0.578. The highest BCUT2D eigenvalue weighted by Gasteiger charge is 2.01. The summed E-state index contributed by atoms with van der Waals surface area (Å²) >= 11 is 5.21. The van der Waals surface area contributed by atoms with Crippen molar-refractivity contribution in [3.8, 4) is 0 Å². The molecule has 4 heteroatoms. The van der Waals surface area contributed by atoms with E-state index in [1.807, 2.05) is 6.07 Å². The summed E-state index contributed by atoms with van der Waals surface area (Å²) in [6.07, 6.45) is 0. The highest BCUT2D eigenvalue weighted by molar-refractivity contribution is 9.10. The molecule has 78 valence electrons. The minimum Gasteiger partial charge on any atom is -0.384 e. The van der Waals surface area contributed by atoms with Crippen LogP contribution in [0.4, 0.5) is 0 Å². The Morgan fingerprint density at radius 3 is 2.93 bits per heavy atom. The zero-order valence-electron chi connectivity index (χ0n) is 8.13. The van der Waals surface area contributed by atoms with Crippen molar-refractivity contribution in [1.29, 1.82) is 0 Å². The summed E-state index contributed by atoms with van der Waals surface area (Å²) in [6.45, 7) is 1.35. The van der Waals surface area contributed by atoms with Crippen LogP contribution in [0.5, 0.6) is 0 Å². The molecule has 1 aromatic rings. The predicted molar refractivity (Wildman–Crippen MR) is 64.6 cm³/mol. The largest absolute Gasteiger partial charge is 0.384 e. The van der Waals surface area contributed by atoms with Gasteiger partial charge in [-0.15, -0.1) is 11.8 Å². The molecule has 0 atom stereocenters. The Labute approximate surface area is 97.3 Å². The molecule has 0 fully saturated rings. The zero-order chi connectivity index (χ0) is 10.4. The lowest BCUT2D eigenvalue weighted by Crippen LogP contribution is -1.99. The second kappa shape index (κ2) is 6.45. The third kappa shape index (κ3) is 3.61. The van der Waals surface area contributed by atoms with Crippen molar-refractivity contribution in [3.05, 3.63) is 28.2 Å². The van der Waals surface area contributed by atoms with Crippen LogP contribution in [0.1, 0.15) is 5.56 Å². The summed E-state index contributed by atoms with van der Waals surface area (Å²) in [5, 5.41) is 0. The van der Waals surface area contributed by atoms with Crippen LogP contribution < -0.4 is 5.73 Å². The highest BCUT2D eigenvalue weighted by atomic mass is 79.9. The highest BCUT2D eigenvalue weighted by Crippen LogP contribution is 2.25. The van der Waals surface area contributed by atoms with Crippen LogP contribution in [-0.4, -0.2) is 19.5 Å². The van der Waals surface area contributed by atoms with E-state index in [9.17, 15) is 0 Å². The van der Waals surface area contributed by atoms with E-state index in [0.29, 0.717) is 6.54 Å². The van der Waals surface area contributed by atoms with E-state index >= 15 is 0 Å². The van der Waals surface area contributed by atoms with Gasteiger partial charge in [-0.3, -0.25) is 0 Å². The van der Waals surface area contributed by atoms with Gasteiger partial charge in [0.2, 0.25) is 0 Å². The molecule has 2 N–H and O–H groups in total. The molecule has 0 aliphatic carbocycles. The Balaban J connectivity index is 2.65. The van der Waals surface area contributed by atoms with Gasteiger partial charge in [0, 0.05) is 28.8 Å². The van der Waals surface area contributed by atoms with E-state index in [1.54, 1.807) is 18.9 Å². The lowest BCUT2D eigenvalue weighted by molar-refractivity contribution is 0.218. The van der Waals surface area contributed by atoms with Crippen LogP contribution in [0.25, 0.3) is 0 Å². The molecule has 0 saturated heterocycles. The maximum Gasteiger partial charge on any atom is 0.0556 e. The van der Waals surface area contributed by atoms with Crippen LogP contribution in [0.2, 0.25) is 0 Å². The van der Waals surface area contributed by atoms with E-state index in [-0.39, 0.29) is 0 Å². The Morgan fingerprint density at radius 2 is 2.29 bits per heavy atom. The first-order valence-corrected chi connectivity index (χ1v) is 6.16. The molecule has 0 spiro atoms. The van der Waals surface area contributed by atoms with E-state index in [4.69, 9.17) is 10.5 Å². The quantitative estimate of drug-likeness (QED) is 0.663. The first-order valence-electron chi connectivity index (χ1n) is 4.38. The molecule has 0 aliphatic rings. The molecule has 0 radical (unpaired) electrons. The van der Waals surface area contributed by atoms with Crippen molar-refractivity contribution in [1.82, 2.24) is 0 Å². The molecule has 2 nitrogen and oxygen atoms in total. The maximum absolute atomic E-state index is 5.66. The number of hydrogen-bond acceptors (Lipinski definition) is 3. The number of ether oxygens (including phenoxy) is 1. The number of nitrogens with two attached hydrogens (primary N) is 1. The third-order valence-electron chi connectivity index (χ3n) is 1.79.